The van der Waals surface area contributed by atoms with Gasteiger partial charge in [0, 0.05) is 18.3 Å². The van der Waals surface area contributed by atoms with Gasteiger partial charge in [0.2, 0.25) is 12.7 Å². The van der Waals surface area contributed by atoms with Gasteiger partial charge in [-0.2, -0.15) is 0 Å². The van der Waals surface area contributed by atoms with E-state index in [1.54, 1.807) is 41.5 Å². The lowest BCUT2D eigenvalue weighted by atomic mass is 10.1. The Labute approximate surface area is 213 Å². The molecule has 0 fully saturated rings. The molecule has 0 spiro atoms. The molecule has 4 rings (SSSR count). The van der Waals surface area contributed by atoms with Crippen molar-refractivity contribution in [2.24, 2.45) is 0 Å². The fourth-order valence-corrected chi connectivity index (χ4v) is 3.88. The molecule has 1 aliphatic heterocycles. The highest BCUT2D eigenvalue weighted by atomic mass is 35.5. The van der Waals surface area contributed by atoms with E-state index in [2.05, 4.69) is 5.32 Å². The average Bonchev–Trinajstić information content (AvgIpc) is 3.50. The highest BCUT2D eigenvalue weighted by Crippen LogP contribution is 2.33. The van der Waals surface area contributed by atoms with Gasteiger partial charge in [0.15, 0.2) is 11.5 Å². The molecule has 0 bridgehead atoms. The molecular formula is C25H25Cl2N3O5. The van der Waals surface area contributed by atoms with Gasteiger partial charge in [0.1, 0.15) is 12.3 Å². The van der Waals surface area contributed by atoms with Gasteiger partial charge < -0.3 is 29.0 Å². The predicted molar refractivity (Wildman–Crippen MR) is 133 cm³/mol. The lowest BCUT2D eigenvalue weighted by molar-refractivity contribution is -0.133. The highest BCUT2D eigenvalue weighted by molar-refractivity contribution is 6.42. The number of hydrogen-bond donors (Lipinski definition) is 1. The second kappa shape index (κ2) is 10.9. The number of ether oxygens (including phenoxy) is 2. The topological polar surface area (TPSA) is 84.2 Å². The van der Waals surface area contributed by atoms with E-state index in [1.807, 2.05) is 32.0 Å². The summed E-state index contributed by atoms with van der Waals surface area (Å²) in [6.07, 6.45) is 1.56. The number of amides is 3. The number of rotatable bonds is 8. The Morgan fingerprint density at radius 2 is 1.80 bits per heavy atom. The van der Waals surface area contributed by atoms with Crippen LogP contribution in [0.15, 0.2) is 59.2 Å². The number of anilines is 1. The second-order valence-corrected chi connectivity index (χ2v) is 9.11. The predicted octanol–water partition coefficient (Wildman–Crippen LogP) is 5.79. The number of furan rings is 1. The van der Waals surface area contributed by atoms with Crippen LogP contribution in [0.4, 0.5) is 10.5 Å². The first-order valence-electron chi connectivity index (χ1n) is 11.0. The van der Waals surface area contributed by atoms with Crippen LogP contribution in [-0.4, -0.2) is 41.1 Å². The molecule has 0 atom stereocenters. The van der Waals surface area contributed by atoms with E-state index >= 15 is 0 Å². The van der Waals surface area contributed by atoms with Crippen LogP contribution in [0.1, 0.15) is 25.2 Å². The van der Waals surface area contributed by atoms with Crippen LogP contribution in [0.25, 0.3) is 0 Å². The molecule has 1 aliphatic rings. The molecule has 0 aliphatic carbocycles. The van der Waals surface area contributed by atoms with E-state index < -0.39 is 6.03 Å². The van der Waals surface area contributed by atoms with Gasteiger partial charge in [-0.3, -0.25) is 4.79 Å². The number of halogens is 2. The Kier molecular flexibility index (Phi) is 7.73. The molecule has 3 amide bonds. The van der Waals surface area contributed by atoms with Crippen LogP contribution >= 0.6 is 23.2 Å². The first-order chi connectivity index (χ1) is 16.8. The quantitative estimate of drug-likeness (QED) is 0.408. The molecule has 0 saturated carbocycles. The summed E-state index contributed by atoms with van der Waals surface area (Å²) in [5.74, 6) is 1.70. The summed E-state index contributed by atoms with van der Waals surface area (Å²) < 4.78 is 16.3. The van der Waals surface area contributed by atoms with Gasteiger partial charge in [-0.25, -0.2) is 4.79 Å². The van der Waals surface area contributed by atoms with Crippen molar-refractivity contribution < 1.29 is 23.5 Å². The van der Waals surface area contributed by atoms with Crippen LogP contribution in [0.3, 0.4) is 0 Å². The molecule has 1 aromatic heterocycles. The van der Waals surface area contributed by atoms with Crippen LogP contribution in [0, 0.1) is 0 Å². The highest BCUT2D eigenvalue weighted by Gasteiger charge is 2.25. The zero-order valence-electron chi connectivity index (χ0n) is 19.3. The van der Waals surface area contributed by atoms with Crippen molar-refractivity contribution in [2.45, 2.75) is 33.0 Å². The van der Waals surface area contributed by atoms with Crippen molar-refractivity contribution in [3.05, 3.63) is 76.2 Å². The summed E-state index contributed by atoms with van der Waals surface area (Å²) in [6, 6.07) is 13.3. The number of nitrogens with zero attached hydrogens (tertiary/aromatic N) is 2. The molecule has 10 heteroatoms. The number of fused-ring (bicyclic) bond motifs is 1. The molecule has 2 aromatic carbocycles. The van der Waals surface area contributed by atoms with E-state index in [1.165, 1.54) is 4.90 Å². The lowest BCUT2D eigenvalue weighted by Gasteiger charge is -2.30. The summed E-state index contributed by atoms with van der Waals surface area (Å²) in [5, 5.41) is 3.49. The Morgan fingerprint density at radius 3 is 2.51 bits per heavy atom. The summed E-state index contributed by atoms with van der Waals surface area (Å²) in [5.41, 5.74) is 1.35. The minimum Gasteiger partial charge on any atom is -0.467 e. The van der Waals surface area contributed by atoms with Crippen molar-refractivity contribution in [2.75, 3.05) is 18.7 Å². The third-order valence-electron chi connectivity index (χ3n) is 5.45. The van der Waals surface area contributed by atoms with E-state index in [0.717, 1.165) is 5.56 Å². The Morgan fingerprint density at radius 1 is 1.00 bits per heavy atom. The molecule has 0 unspecified atom stereocenters. The van der Waals surface area contributed by atoms with Crippen molar-refractivity contribution >= 4 is 40.8 Å². The zero-order chi connectivity index (χ0) is 24.9. The van der Waals surface area contributed by atoms with Gasteiger partial charge in [0.05, 0.1) is 22.9 Å². The fraction of sp³-hybridized carbons (Fsp3) is 0.280. The van der Waals surface area contributed by atoms with Crippen LogP contribution in [-0.2, 0) is 17.9 Å². The first-order valence-corrected chi connectivity index (χ1v) is 11.8. The monoisotopic (exact) mass is 517 g/mol. The van der Waals surface area contributed by atoms with E-state index in [4.69, 9.17) is 37.1 Å². The first kappa shape index (κ1) is 24.8. The minimum atomic E-state index is -0.423. The van der Waals surface area contributed by atoms with Gasteiger partial charge in [-0.1, -0.05) is 29.3 Å². The minimum absolute atomic E-state index is 0.129. The smallest absolute Gasteiger partial charge is 0.322 e. The van der Waals surface area contributed by atoms with Gasteiger partial charge in [-0.15, -0.1) is 0 Å². The maximum atomic E-state index is 13.4. The van der Waals surface area contributed by atoms with Crippen molar-refractivity contribution in [3.63, 3.8) is 0 Å². The van der Waals surface area contributed by atoms with Gasteiger partial charge in [-0.05, 0) is 61.9 Å². The number of benzene rings is 2. The second-order valence-electron chi connectivity index (χ2n) is 8.30. The molecule has 0 saturated heterocycles. The number of carbonyl (C=O) groups is 2. The van der Waals surface area contributed by atoms with E-state index in [-0.39, 0.29) is 31.8 Å². The molecule has 2 heterocycles. The largest absolute Gasteiger partial charge is 0.467 e. The van der Waals surface area contributed by atoms with Crippen LogP contribution in [0.2, 0.25) is 10.0 Å². The third-order valence-corrected chi connectivity index (χ3v) is 6.19. The molecule has 0 radical (unpaired) electrons. The lowest BCUT2D eigenvalue weighted by Crippen LogP contribution is -2.47. The normalized spacial score (nSPS) is 12.0. The summed E-state index contributed by atoms with van der Waals surface area (Å²) in [7, 11) is 0. The maximum Gasteiger partial charge on any atom is 0.322 e. The average molecular weight is 518 g/mol. The SMILES string of the molecule is CC(C)N(CC(=O)N(Cc1ccc2c(c1)OCO2)Cc1ccco1)C(=O)Nc1ccc(Cl)c(Cl)c1. The van der Waals surface area contributed by atoms with Crippen molar-refractivity contribution in [1.29, 1.82) is 0 Å². The van der Waals surface area contributed by atoms with Gasteiger partial charge in [0.25, 0.3) is 0 Å². The number of nitrogens with one attached hydrogen (secondary N) is 1. The van der Waals surface area contributed by atoms with Crippen LogP contribution < -0.4 is 14.8 Å². The Balaban J connectivity index is 1.50. The number of hydrogen-bond acceptors (Lipinski definition) is 5. The third kappa shape index (κ3) is 6.21. The number of carbonyl (C=O) groups excluding carboxylic acids is 2. The van der Waals surface area contributed by atoms with Crippen molar-refractivity contribution in [1.82, 2.24) is 9.80 Å². The Hall–Kier alpha value is -3.36. The Bertz CT molecular complexity index is 1200. The maximum absolute atomic E-state index is 13.4. The summed E-state index contributed by atoms with van der Waals surface area (Å²) >= 11 is 12.0. The number of urea groups is 1. The fourth-order valence-electron chi connectivity index (χ4n) is 3.59. The molecule has 3 aromatic rings. The molecule has 8 nitrogen and oxygen atoms in total. The van der Waals surface area contributed by atoms with E-state index in [9.17, 15) is 9.59 Å². The summed E-state index contributed by atoms with van der Waals surface area (Å²) in [6.45, 7) is 4.28. The molecule has 35 heavy (non-hydrogen) atoms. The standard InChI is InChI=1S/C25H25Cl2N3O5/c1-16(2)30(25(32)28-18-6-7-20(26)21(27)11-18)14-24(31)29(13-19-4-3-9-33-19)12-17-5-8-22-23(10-17)35-15-34-22/h3-11,16H,12-15H2,1-2H3,(H,28,32). The molecular weight excluding hydrogens is 493 g/mol. The van der Waals surface area contributed by atoms with Crippen LogP contribution in [0.5, 0.6) is 11.5 Å². The molecule has 1 N–H and O–H groups in total. The van der Waals surface area contributed by atoms with Gasteiger partial charge >= 0.3 is 6.03 Å². The van der Waals surface area contributed by atoms with E-state index in [0.29, 0.717) is 39.5 Å². The zero-order valence-corrected chi connectivity index (χ0v) is 20.8. The van der Waals surface area contributed by atoms with Crippen molar-refractivity contribution in [3.8, 4) is 11.5 Å². The molecule has 184 valence electrons. The summed E-state index contributed by atoms with van der Waals surface area (Å²) in [4.78, 5) is 29.6.